The van der Waals surface area contributed by atoms with Gasteiger partial charge in [0.15, 0.2) is 0 Å². The summed E-state index contributed by atoms with van der Waals surface area (Å²) in [6.45, 7) is 0.364. The molecule has 9 heteroatoms. The van der Waals surface area contributed by atoms with E-state index >= 15 is 0 Å². The van der Waals surface area contributed by atoms with Gasteiger partial charge in [0.25, 0.3) is 5.91 Å². The summed E-state index contributed by atoms with van der Waals surface area (Å²) in [6.07, 6.45) is 3.51. The molecule has 1 aliphatic heterocycles. The number of amides is 1. The van der Waals surface area contributed by atoms with Crippen molar-refractivity contribution in [2.75, 3.05) is 12.8 Å². The lowest BCUT2D eigenvalue weighted by Gasteiger charge is -2.40. The third kappa shape index (κ3) is 4.78. The van der Waals surface area contributed by atoms with Crippen LogP contribution < -0.4 is 4.72 Å². The zero-order valence-corrected chi connectivity index (χ0v) is 18.1. The van der Waals surface area contributed by atoms with E-state index in [1.165, 1.54) is 12.1 Å². The molecule has 7 nitrogen and oxygen atoms in total. The summed E-state index contributed by atoms with van der Waals surface area (Å²) < 4.78 is 40.0. The number of carbonyl (C=O) groups is 1. The predicted molar refractivity (Wildman–Crippen MR) is 114 cm³/mol. The van der Waals surface area contributed by atoms with Gasteiger partial charge in [0.1, 0.15) is 11.4 Å². The second kappa shape index (κ2) is 8.29. The van der Waals surface area contributed by atoms with Crippen LogP contribution in [0.3, 0.4) is 0 Å². The van der Waals surface area contributed by atoms with Crippen molar-refractivity contribution in [2.24, 2.45) is 0 Å². The third-order valence-electron chi connectivity index (χ3n) is 6.10. The molecule has 1 saturated heterocycles. The lowest BCUT2D eigenvalue weighted by molar-refractivity contribution is -0.161. The molecule has 2 atom stereocenters. The number of carbonyl (C=O) groups excluding carboxylic acids is 1. The van der Waals surface area contributed by atoms with Crippen molar-refractivity contribution in [2.45, 2.75) is 49.8 Å². The van der Waals surface area contributed by atoms with Gasteiger partial charge in [-0.15, -0.1) is 0 Å². The number of halogens is 1. The molecule has 2 aromatic rings. The average molecular weight is 448 g/mol. The number of nitrogens with zero attached hydrogens (tertiary/aromatic N) is 2. The summed E-state index contributed by atoms with van der Waals surface area (Å²) in [7, 11) is -3.48. The van der Waals surface area contributed by atoms with Crippen LogP contribution in [0.2, 0.25) is 0 Å². The minimum absolute atomic E-state index is 0.318. The zero-order valence-electron chi connectivity index (χ0n) is 17.3. The molecule has 1 aromatic heterocycles. The standard InChI is InChI=1S/C22H26FN3O4S/c1-31(29,30)25-19-9-12-26(21(27)22(28)10-4-11-22)20(19)14-17-7-3-8-18(24-17)15-5-2-6-16(23)13-15/h2-3,5-8,13,19-20,25,28H,4,9-12,14H2,1H3. The summed E-state index contributed by atoms with van der Waals surface area (Å²) in [5.41, 5.74) is 0.538. The van der Waals surface area contributed by atoms with Gasteiger partial charge in [-0.3, -0.25) is 9.78 Å². The average Bonchev–Trinajstić information content (AvgIpc) is 3.06. The van der Waals surface area contributed by atoms with Crippen LogP contribution in [0.1, 0.15) is 31.4 Å². The van der Waals surface area contributed by atoms with E-state index in [0.29, 0.717) is 49.2 Å². The van der Waals surface area contributed by atoms with Crippen LogP contribution >= 0.6 is 0 Å². The molecule has 31 heavy (non-hydrogen) atoms. The minimum atomic E-state index is -3.48. The van der Waals surface area contributed by atoms with E-state index in [9.17, 15) is 22.7 Å². The minimum Gasteiger partial charge on any atom is -0.380 e. The van der Waals surface area contributed by atoms with E-state index in [4.69, 9.17) is 0 Å². The molecular formula is C22H26FN3O4S. The van der Waals surface area contributed by atoms with Gasteiger partial charge in [0.05, 0.1) is 18.0 Å². The van der Waals surface area contributed by atoms with Crippen LogP contribution in [-0.4, -0.2) is 59.8 Å². The van der Waals surface area contributed by atoms with Gasteiger partial charge in [0, 0.05) is 30.3 Å². The highest BCUT2D eigenvalue weighted by molar-refractivity contribution is 7.88. The van der Waals surface area contributed by atoms with Crippen LogP contribution in [0.15, 0.2) is 42.5 Å². The summed E-state index contributed by atoms with van der Waals surface area (Å²) in [5, 5.41) is 10.6. The lowest BCUT2D eigenvalue weighted by atomic mass is 9.79. The number of pyridine rings is 1. The molecule has 2 heterocycles. The summed E-state index contributed by atoms with van der Waals surface area (Å²) in [5.74, 6) is -0.703. The molecule has 2 fully saturated rings. The lowest BCUT2D eigenvalue weighted by Crippen LogP contribution is -2.57. The number of likely N-dealkylation sites (tertiary alicyclic amines) is 1. The smallest absolute Gasteiger partial charge is 0.254 e. The number of sulfonamides is 1. The Labute approximate surface area is 181 Å². The molecule has 1 aromatic carbocycles. The fraction of sp³-hybridized carbons (Fsp3) is 0.455. The van der Waals surface area contributed by atoms with Crippen molar-refractivity contribution < 1.29 is 22.7 Å². The zero-order chi connectivity index (χ0) is 22.2. The predicted octanol–water partition coefficient (Wildman–Crippen LogP) is 1.86. The Balaban J connectivity index is 1.61. The van der Waals surface area contributed by atoms with E-state index in [-0.39, 0.29) is 11.7 Å². The Morgan fingerprint density at radius 2 is 2.03 bits per heavy atom. The van der Waals surface area contributed by atoms with E-state index in [1.54, 1.807) is 29.2 Å². The molecule has 2 unspecified atom stereocenters. The van der Waals surface area contributed by atoms with Crippen molar-refractivity contribution in [3.63, 3.8) is 0 Å². The van der Waals surface area contributed by atoms with Crippen LogP contribution in [0.5, 0.6) is 0 Å². The quantitative estimate of drug-likeness (QED) is 0.704. The fourth-order valence-electron chi connectivity index (χ4n) is 4.38. The Morgan fingerprint density at radius 3 is 2.68 bits per heavy atom. The van der Waals surface area contributed by atoms with E-state index < -0.39 is 27.7 Å². The molecule has 2 aliphatic rings. The van der Waals surface area contributed by atoms with Gasteiger partial charge in [-0.1, -0.05) is 18.2 Å². The third-order valence-corrected chi connectivity index (χ3v) is 6.83. The second-order valence-electron chi connectivity index (χ2n) is 8.46. The first-order valence-electron chi connectivity index (χ1n) is 10.4. The first-order chi connectivity index (χ1) is 14.6. The summed E-state index contributed by atoms with van der Waals surface area (Å²) >= 11 is 0. The van der Waals surface area contributed by atoms with Crippen LogP contribution in [0.25, 0.3) is 11.3 Å². The number of benzene rings is 1. The Hall–Kier alpha value is -2.36. The molecule has 1 amide bonds. The number of rotatable bonds is 6. The monoisotopic (exact) mass is 447 g/mol. The van der Waals surface area contributed by atoms with Gasteiger partial charge in [-0.25, -0.2) is 17.5 Å². The summed E-state index contributed by atoms with van der Waals surface area (Å²) in [6, 6.07) is 10.6. The number of nitrogens with one attached hydrogen (secondary N) is 1. The molecule has 0 bridgehead atoms. The summed E-state index contributed by atoms with van der Waals surface area (Å²) in [4.78, 5) is 19.2. The topological polar surface area (TPSA) is 99.6 Å². The molecule has 0 spiro atoms. The molecule has 166 valence electrons. The maximum atomic E-state index is 13.6. The van der Waals surface area contributed by atoms with E-state index in [2.05, 4.69) is 9.71 Å². The molecule has 4 rings (SSSR count). The Kier molecular flexibility index (Phi) is 5.85. The molecular weight excluding hydrogens is 421 g/mol. The van der Waals surface area contributed by atoms with Crippen LogP contribution in [0.4, 0.5) is 4.39 Å². The highest BCUT2D eigenvalue weighted by Gasteiger charge is 2.49. The van der Waals surface area contributed by atoms with Crippen molar-refractivity contribution in [3.8, 4) is 11.3 Å². The SMILES string of the molecule is CS(=O)(=O)NC1CCN(C(=O)C2(O)CCC2)C1Cc1cccc(-c2cccc(F)c2)n1. The van der Waals surface area contributed by atoms with Crippen LogP contribution in [0, 0.1) is 5.82 Å². The molecule has 0 radical (unpaired) electrons. The van der Waals surface area contributed by atoms with Crippen molar-refractivity contribution in [1.82, 2.24) is 14.6 Å². The van der Waals surface area contributed by atoms with Gasteiger partial charge in [0.2, 0.25) is 10.0 Å². The van der Waals surface area contributed by atoms with Crippen LogP contribution in [-0.2, 0) is 21.2 Å². The largest absolute Gasteiger partial charge is 0.380 e. The van der Waals surface area contributed by atoms with Gasteiger partial charge >= 0.3 is 0 Å². The van der Waals surface area contributed by atoms with E-state index in [0.717, 1.165) is 12.7 Å². The maximum Gasteiger partial charge on any atom is 0.254 e. The molecule has 2 N–H and O–H groups in total. The van der Waals surface area contributed by atoms with Gasteiger partial charge in [-0.05, 0) is 49.9 Å². The Morgan fingerprint density at radius 1 is 1.29 bits per heavy atom. The number of aliphatic hydroxyl groups is 1. The van der Waals surface area contributed by atoms with Gasteiger partial charge in [-0.2, -0.15) is 0 Å². The number of hydrogen-bond acceptors (Lipinski definition) is 5. The molecule has 1 aliphatic carbocycles. The first kappa shape index (κ1) is 21.9. The Bertz CT molecular complexity index is 1090. The number of hydrogen-bond donors (Lipinski definition) is 2. The van der Waals surface area contributed by atoms with Gasteiger partial charge < -0.3 is 10.0 Å². The second-order valence-corrected chi connectivity index (χ2v) is 10.2. The van der Waals surface area contributed by atoms with Crippen molar-refractivity contribution in [3.05, 3.63) is 54.0 Å². The fourth-order valence-corrected chi connectivity index (χ4v) is 5.20. The molecule has 1 saturated carbocycles. The highest BCUT2D eigenvalue weighted by Crippen LogP contribution is 2.36. The highest BCUT2D eigenvalue weighted by atomic mass is 32.2. The van der Waals surface area contributed by atoms with Crippen molar-refractivity contribution >= 4 is 15.9 Å². The number of aromatic nitrogens is 1. The van der Waals surface area contributed by atoms with Crippen molar-refractivity contribution in [1.29, 1.82) is 0 Å². The van der Waals surface area contributed by atoms with E-state index in [1.807, 2.05) is 6.07 Å². The normalized spacial score (nSPS) is 22.9. The first-order valence-corrected chi connectivity index (χ1v) is 12.3. The maximum absolute atomic E-state index is 13.6.